The molecule has 0 saturated carbocycles. The number of rotatable bonds is 53. The number of carboxylic acid groups (broad SMARTS) is 1. The van der Waals surface area contributed by atoms with E-state index < -0.39 is 24.3 Å². The molecule has 0 aromatic carbocycles. The van der Waals surface area contributed by atoms with Crippen LogP contribution in [0.5, 0.6) is 0 Å². The molecular formula is C66H110NO8+. The van der Waals surface area contributed by atoms with Crippen LogP contribution in [0, 0.1) is 0 Å². The third kappa shape index (κ3) is 57.2. The number of ether oxygens (including phenoxy) is 4. The number of allylic oxidation sites excluding steroid dienone is 20. The summed E-state index contributed by atoms with van der Waals surface area (Å²) in [5.41, 5.74) is 0. The highest BCUT2D eigenvalue weighted by Gasteiger charge is 2.25. The Morgan fingerprint density at radius 2 is 0.760 bits per heavy atom. The lowest BCUT2D eigenvalue weighted by molar-refractivity contribution is -0.870. The zero-order valence-electron chi connectivity index (χ0n) is 48.4. The second kappa shape index (κ2) is 55.9. The van der Waals surface area contributed by atoms with Gasteiger partial charge in [0.2, 0.25) is 0 Å². The van der Waals surface area contributed by atoms with Crippen molar-refractivity contribution in [1.82, 2.24) is 0 Å². The molecule has 9 heteroatoms. The highest BCUT2D eigenvalue weighted by molar-refractivity contribution is 5.71. The van der Waals surface area contributed by atoms with Crippen LogP contribution >= 0.6 is 0 Å². The van der Waals surface area contributed by atoms with Gasteiger partial charge < -0.3 is 28.5 Å². The number of likely N-dealkylation sites (N-methyl/N-ethyl adjacent to an activating group) is 1. The summed E-state index contributed by atoms with van der Waals surface area (Å²) in [6, 6.07) is 0. The third-order valence-corrected chi connectivity index (χ3v) is 12.2. The second-order valence-electron chi connectivity index (χ2n) is 20.6. The largest absolute Gasteiger partial charge is 0.477 e. The molecule has 0 fully saturated rings. The molecule has 0 aromatic heterocycles. The van der Waals surface area contributed by atoms with Crippen LogP contribution in [-0.2, 0) is 33.3 Å². The molecule has 0 saturated heterocycles. The molecule has 0 aromatic rings. The number of esters is 2. The fourth-order valence-corrected chi connectivity index (χ4v) is 7.65. The van der Waals surface area contributed by atoms with Crippen molar-refractivity contribution in [1.29, 1.82) is 0 Å². The van der Waals surface area contributed by atoms with Gasteiger partial charge in [0.1, 0.15) is 13.2 Å². The second-order valence-corrected chi connectivity index (χ2v) is 20.6. The van der Waals surface area contributed by atoms with Gasteiger partial charge in [0.05, 0.1) is 34.4 Å². The molecule has 9 nitrogen and oxygen atoms in total. The Labute approximate surface area is 459 Å². The Morgan fingerprint density at radius 1 is 0.413 bits per heavy atom. The summed E-state index contributed by atoms with van der Waals surface area (Å²) in [6.45, 7) is 4.66. The van der Waals surface area contributed by atoms with E-state index >= 15 is 0 Å². The molecule has 2 unspecified atom stereocenters. The van der Waals surface area contributed by atoms with E-state index in [1.807, 2.05) is 21.1 Å². The van der Waals surface area contributed by atoms with Gasteiger partial charge in [-0.1, -0.05) is 225 Å². The Morgan fingerprint density at radius 3 is 1.13 bits per heavy atom. The SMILES string of the molecule is CC/C=C\C/C=C\C/C=C\C/C=C\C/C=C\C/C=C\C/C=C\C/C=C\CCCCCCCCCCCCCCC(=O)OC(COC(=O)CCCCCCC/C=C\C/C=C\CCC)COC(OCC[N+](C)(C)C)C(=O)O. The van der Waals surface area contributed by atoms with Crippen molar-refractivity contribution in [3.63, 3.8) is 0 Å². The number of unbranched alkanes of at least 4 members (excludes halogenated alkanes) is 18. The fraction of sp³-hybridized carbons (Fsp3) is 0.652. The Hall–Kier alpha value is -4.31. The van der Waals surface area contributed by atoms with Crippen LogP contribution < -0.4 is 0 Å². The normalized spacial score (nSPS) is 13.7. The van der Waals surface area contributed by atoms with Crippen molar-refractivity contribution in [2.45, 2.75) is 232 Å². The summed E-state index contributed by atoms with van der Waals surface area (Å²) < 4.78 is 22.8. The molecule has 1 N–H and O–H groups in total. The van der Waals surface area contributed by atoms with Crippen LogP contribution in [0.25, 0.3) is 0 Å². The number of hydrogen-bond acceptors (Lipinski definition) is 7. The molecule has 75 heavy (non-hydrogen) atoms. The molecule has 0 aliphatic rings. The van der Waals surface area contributed by atoms with E-state index in [1.165, 1.54) is 64.2 Å². The van der Waals surface area contributed by atoms with E-state index in [0.717, 1.165) is 122 Å². The quantitative estimate of drug-likeness (QED) is 0.0211. The monoisotopic (exact) mass is 1040 g/mol. The summed E-state index contributed by atoms with van der Waals surface area (Å²) in [5.74, 6) is -2.04. The van der Waals surface area contributed by atoms with Gasteiger partial charge in [0.15, 0.2) is 6.10 Å². The third-order valence-electron chi connectivity index (χ3n) is 12.2. The first kappa shape index (κ1) is 70.7. The Bertz CT molecular complexity index is 1640. The van der Waals surface area contributed by atoms with E-state index in [1.54, 1.807) is 0 Å². The minimum absolute atomic E-state index is 0.180. The molecule has 0 radical (unpaired) electrons. The van der Waals surface area contributed by atoms with Crippen molar-refractivity contribution >= 4 is 17.9 Å². The molecule has 0 bridgehead atoms. The van der Waals surface area contributed by atoms with Gasteiger partial charge in [-0.15, -0.1) is 0 Å². The summed E-state index contributed by atoms with van der Waals surface area (Å²) in [7, 11) is 5.95. The zero-order chi connectivity index (χ0) is 54.8. The van der Waals surface area contributed by atoms with E-state index in [4.69, 9.17) is 18.9 Å². The highest BCUT2D eigenvalue weighted by atomic mass is 16.7. The van der Waals surface area contributed by atoms with Gasteiger partial charge in [-0.25, -0.2) is 4.79 Å². The fourth-order valence-electron chi connectivity index (χ4n) is 7.65. The first-order chi connectivity index (χ1) is 36.6. The van der Waals surface area contributed by atoms with Crippen molar-refractivity contribution in [2.24, 2.45) is 0 Å². The molecule has 0 aliphatic carbocycles. The molecule has 426 valence electrons. The van der Waals surface area contributed by atoms with Gasteiger partial charge in [0.25, 0.3) is 6.29 Å². The first-order valence-corrected chi connectivity index (χ1v) is 29.7. The van der Waals surface area contributed by atoms with Crippen LogP contribution in [0.2, 0.25) is 0 Å². The van der Waals surface area contributed by atoms with Crippen LogP contribution in [0.4, 0.5) is 0 Å². The van der Waals surface area contributed by atoms with E-state index in [2.05, 4.69) is 135 Å². The number of aliphatic carboxylic acids is 1. The number of carbonyl (C=O) groups is 3. The van der Waals surface area contributed by atoms with Crippen molar-refractivity contribution < 1.29 is 42.9 Å². The number of quaternary nitrogens is 1. The molecule has 0 aliphatic heterocycles. The maximum atomic E-state index is 12.9. The van der Waals surface area contributed by atoms with E-state index in [9.17, 15) is 19.5 Å². The predicted molar refractivity (Wildman–Crippen MR) is 318 cm³/mol. The molecule has 0 spiro atoms. The minimum atomic E-state index is -1.52. The van der Waals surface area contributed by atoms with E-state index in [-0.39, 0.29) is 38.6 Å². The van der Waals surface area contributed by atoms with Gasteiger partial charge >= 0.3 is 17.9 Å². The Balaban J connectivity index is 4.14. The van der Waals surface area contributed by atoms with Gasteiger partial charge in [-0.05, 0) is 103 Å². The number of carboxylic acids is 1. The zero-order valence-corrected chi connectivity index (χ0v) is 48.4. The summed E-state index contributed by atoms with van der Waals surface area (Å²) in [4.78, 5) is 37.3. The first-order valence-electron chi connectivity index (χ1n) is 29.7. The van der Waals surface area contributed by atoms with Crippen LogP contribution in [0.15, 0.2) is 122 Å². The average molecular weight is 1050 g/mol. The predicted octanol–water partition coefficient (Wildman–Crippen LogP) is 17.7. The van der Waals surface area contributed by atoms with Crippen LogP contribution in [0.1, 0.15) is 219 Å². The smallest absolute Gasteiger partial charge is 0.361 e. The molecule has 2 atom stereocenters. The van der Waals surface area contributed by atoms with E-state index in [0.29, 0.717) is 17.4 Å². The average Bonchev–Trinajstić information content (AvgIpc) is 3.38. The standard InChI is InChI=1S/C66H109NO8/c1-6-8-10-12-14-16-18-20-21-22-23-24-25-26-27-28-29-30-31-32-33-34-35-36-37-38-39-40-41-42-43-45-47-49-51-53-55-57-64(69)75-62(61-74-66(65(70)71)72-59-58-67(3,4)5)60-73-63(68)56-54-52-50-48-46-44-19-17-15-13-11-9-7-2/h8,10-11,13-14,16-17,19-21,23-24,26-27,29-30,32-33,35-36,62,66H,6-7,9,12,15,18,22,25,28,31,34,37-61H2,1-5H3/p+1/b10-8-,13-11-,16-14-,19-17-,21-20-,24-23-,27-26-,30-29-,33-32-,36-35-. The molecule has 0 rings (SSSR count). The lowest BCUT2D eigenvalue weighted by Crippen LogP contribution is -2.40. The van der Waals surface area contributed by atoms with Crippen LogP contribution in [-0.4, -0.2) is 87.4 Å². The van der Waals surface area contributed by atoms with Crippen molar-refractivity contribution in [3.05, 3.63) is 122 Å². The molecule has 0 amide bonds. The lowest BCUT2D eigenvalue weighted by atomic mass is 10.0. The van der Waals surface area contributed by atoms with Gasteiger partial charge in [-0.2, -0.15) is 0 Å². The summed E-state index contributed by atoms with van der Waals surface area (Å²) in [6.07, 6.45) is 75.8. The number of nitrogens with zero attached hydrogens (tertiary/aromatic N) is 1. The van der Waals surface area contributed by atoms with Crippen LogP contribution in [0.3, 0.4) is 0 Å². The highest BCUT2D eigenvalue weighted by Crippen LogP contribution is 2.15. The maximum Gasteiger partial charge on any atom is 0.361 e. The minimum Gasteiger partial charge on any atom is -0.477 e. The van der Waals surface area contributed by atoms with Crippen molar-refractivity contribution in [2.75, 3.05) is 47.5 Å². The van der Waals surface area contributed by atoms with Gasteiger partial charge in [-0.3, -0.25) is 9.59 Å². The number of hydrogen-bond donors (Lipinski definition) is 1. The summed E-state index contributed by atoms with van der Waals surface area (Å²) >= 11 is 0. The summed E-state index contributed by atoms with van der Waals surface area (Å²) in [5, 5.41) is 9.69. The molecule has 0 heterocycles. The topological polar surface area (TPSA) is 108 Å². The van der Waals surface area contributed by atoms with Crippen molar-refractivity contribution in [3.8, 4) is 0 Å². The Kier molecular flexibility index (Phi) is 52.7. The molecular weight excluding hydrogens is 935 g/mol. The lowest BCUT2D eigenvalue weighted by Gasteiger charge is -2.25. The number of carbonyl (C=O) groups excluding carboxylic acids is 2. The van der Waals surface area contributed by atoms with Gasteiger partial charge in [0, 0.05) is 12.8 Å². The maximum absolute atomic E-state index is 12.9.